The van der Waals surface area contributed by atoms with Crippen molar-refractivity contribution in [1.29, 1.82) is 0 Å². The Kier molecular flexibility index (Phi) is 4.50. The van der Waals surface area contributed by atoms with Crippen LogP contribution in [0.2, 0.25) is 0 Å². The molecule has 0 saturated carbocycles. The van der Waals surface area contributed by atoms with Gasteiger partial charge in [0.15, 0.2) is 0 Å². The lowest BCUT2D eigenvalue weighted by Crippen LogP contribution is -2.38. The second-order valence-corrected chi connectivity index (χ2v) is 3.95. The van der Waals surface area contributed by atoms with E-state index in [1.807, 2.05) is 44.2 Å². The minimum absolute atomic E-state index is 0.0440. The smallest absolute Gasteiger partial charge is 0.222 e. The Morgan fingerprint density at radius 2 is 1.94 bits per heavy atom. The van der Waals surface area contributed by atoms with Gasteiger partial charge in [-0.3, -0.25) is 4.79 Å². The number of aliphatic hydroxyl groups excluding tert-OH is 1. The molecule has 0 radical (unpaired) electrons. The quantitative estimate of drug-likeness (QED) is 0.844. The number of hydrogen-bond acceptors (Lipinski definition) is 2. The summed E-state index contributed by atoms with van der Waals surface area (Å²) in [5, 5.41) is 10.1. The van der Waals surface area contributed by atoms with Crippen LogP contribution < -0.4 is 0 Å². The number of benzene rings is 1. The number of hydrogen-bond donors (Lipinski definition) is 1. The molecule has 0 aliphatic carbocycles. The number of amides is 1. The van der Waals surface area contributed by atoms with Crippen LogP contribution in [0.3, 0.4) is 0 Å². The third-order valence-corrected chi connectivity index (χ3v) is 2.90. The van der Waals surface area contributed by atoms with Crippen molar-refractivity contribution >= 4 is 5.91 Å². The fourth-order valence-corrected chi connectivity index (χ4v) is 1.62. The molecule has 0 bridgehead atoms. The SMILES string of the molecule is CCC(=O)N(C)[C@@H](C)[C@H](O)c1ccccc1. The maximum absolute atomic E-state index is 11.5. The lowest BCUT2D eigenvalue weighted by Gasteiger charge is -2.29. The molecule has 16 heavy (non-hydrogen) atoms. The van der Waals surface area contributed by atoms with Crippen LogP contribution in [-0.2, 0) is 4.79 Å². The van der Waals surface area contributed by atoms with Gasteiger partial charge in [-0.05, 0) is 12.5 Å². The van der Waals surface area contributed by atoms with Crippen molar-refractivity contribution in [1.82, 2.24) is 4.90 Å². The lowest BCUT2D eigenvalue weighted by atomic mass is 10.0. The van der Waals surface area contributed by atoms with Crippen molar-refractivity contribution in [3.05, 3.63) is 35.9 Å². The van der Waals surface area contributed by atoms with Crippen LogP contribution in [0.5, 0.6) is 0 Å². The number of aliphatic hydroxyl groups is 1. The number of nitrogens with zero attached hydrogens (tertiary/aromatic N) is 1. The second kappa shape index (κ2) is 5.66. The van der Waals surface area contributed by atoms with E-state index in [9.17, 15) is 9.90 Å². The monoisotopic (exact) mass is 221 g/mol. The van der Waals surface area contributed by atoms with Crippen LogP contribution in [0.15, 0.2) is 30.3 Å². The standard InChI is InChI=1S/C13H19NO2/c1-4-12(15)14(3)10(2)13(16)11-8-6-5-7-9-11/h5-10,13,16H,4H2,1-3H3/t10-,13-/m0/s1. The molecule has 1 amide bonds. The van der Waals surface area contributed by atoms with Gasteiger partial charge in [0, 0.05) is 13.5 Å². The van der Waals surface area contributed by atoms with Gasteiger partial charge in [0.05, 0.1) is 12.1 Å². The summed E-state index contributed by atoms with van der Waals surface area (Å²) in [5.41, 5.74) is 0.839. The zero-order valence-corrected chi connectivity index (χ0v) is 10.1. The molecule has 0 aromatic heterocycles. The molecular formula is C13H19NO2. The van der Waals surface area contributed by atoms with Gasteiger partial charge < -0.3 is 10.0 Å². The first-order valence-electron chi connectivity index (χ1n) is 5.56. The first kappa shape index (κ1) is 12.7. The normalized spacial score (nSPS) is 14.2. The topological polar surface area (TPSA) is 40.5 Å². The highest BCUT2D eigenvalue weighted by molar-refractivity contribution is 5.75. The van der Waals surface area contributed by atoms with Crippen molar-refractivity contribution in [2.45, 2.75) is 32.4 Å². The molecule has 1 N–H and O–H groups in total. The predicted molar refractivity (Wildman–Crippen MR) is 63.9 cm³/mol. The van der Waals surface area contributed by atoms with E-state index in [0.717, 1.165) is 5.56 Å². The fraction of sp³-hybridized carbons (Fsp3) is 0.462. The van der Waals surface area contributed by atoms with Gasteiger partial charge in [0.2, 0.25) is 5.91 Å². The molecule has 1 aromatic rings. The summed E-state index contributed by atoms with van der Waals surface area (Å²) < 4.78 is 0. The highest BCUT2D eigenvalue weighted by atomic mass is 16.3. The molecule has 0 saturated heterocycles. The van der Waals surface area contributed by atoms with Crippen LogP contribution in [-0.4, -0.2) is 29.0 Å². The van der Waals surface area contributed by atoms with Gasteiger partial charge in [-0.25, -0.2) is 0 Å². The minimum Gasteiger partial charge on any atom is -0.386 e. The third kappa shape index (κ3) is 2.83. The van der Waals surface area contributed by atoms with Crippen molar-refractivity contribution in [2.24, 2.45) is 0 Å². The Hall–Kier alpha value is -1.35. The molecule has 3 nitrogen and oxygen atoms in total. The van der Waals surface area contributed by atoms with E-state index >= 15 is 0 Å². The molecule has 0 heterocycles. The maximum atomic E-state index is 11.5. The van der Waals surface area contributed by atoms with Crippen molar-refractivity contribution in [3.63, 3.8) is 0 Å². The summed E-state index contributed by atoms with van der Waals surface area (Å²) in [6.07, 6.45) is -0.177. The average Bonchev–Trinajstić information content (AvgIpc) is 2.36. The van der Waals surface area contributed by atoms with Gasteiger partial charge in [0.25, 0.3) is 0 Å². The summed E-state index contributed by atoms with van der Waals surface area (Å²) in [6, 6.07) is 9.19. The first-order valence-corrected chi connectivity index (χ1v) is 5.56. The second-order valence-electron chi connectivity index (χ2n) is 3.95. The highest BCUT2D eigenvalue weighted by Gasteiger charge is 2.22. The Balaban J connectivity index is 2.74. The van der Waals surface area contributed by atoms with Crippen LogP contribution in [0.1, 0.15) is 31.9 Å². The molecule has 0 aliphatic rings. The number of rotatable bonds is 4. The Bertz CT molecular complexity index is 337. The molecule has 0 fully saturated rings. The summed E-state index contributed by atoms with van der Waals surface area (Å²) in [4.78, 5) is 13.1. The van der Waals surface area contributed by atoms with Crippen LogP contribution in [0.25, 0.3) is 0 Å². The van der Waals surface area contributed by atoms with Crippen LogP contribution >= 0.6 is 0 Å². The fourth-order valence-electron chi connectivity index (χ4n) is 1.62. The zero-order chi connectivity index (χ0) is 12.1. The van der Waals surface area contributed by atoms with Crippen molar-refractivity contribution in [2.75, 3.05) is 7.05 Å². The molecule has 2 atom stereocenters. The molecule has 0 unspecified atom stereocenters. The molecule has 1 aromatic carbocycles. The van der Waals surface area contributed by atoms with Gasteiger partial charge in [-0.2, -0.15) is 0 Å². The highest BCUT2D eigenvalue weighted by Crippen LogP contribution is 2.19. The van der Waals surface area contributed by atoms with E-state index in [1.165, 1.54) is 0 Å². The molecular weight excluding hydrogens is 202 g/mol. The van der Waals surface area contributed by atoms with Gasteiger partial charge in [-0.1, -0.05) is 37.3 Å². The average molecular weight is 221 g/mol. The van der Waals surface area contributed by atoms with Crippen LogP contribution in [0, 0.1) is 0 Å². The van der Waals surface area contributed by atoms with E-state index in [0.29, 0.717) is 6.42 Å². The van der Waals surface area contributed by atoms with Gasteiger partial charge in [0.1, 0.15) is 0 Å². The molecule has 0 aliphatic heterocycles. The van der Waals surface area contributed by atoms with Crippen molar-refractivity contribution < 1.29 is 9.90 Å². The number of carbonyl (C=O) groups excluding carboxylic acids is 1. The predicted octanol–water partition coefficient (Wildman–Crippen LogP) is 1.98. The van der Waals surface area contributed by atoms with Gasteiger partial charge >= 0.3 is 0 Å². The lowest BCUT2D eigenvalue weighted by molar-refractivity contribution is -0.133. The minimum atomic E-state index is -0.637. The third-order valence-electron chi connectivity index (χ3n) is 2.90. The number of carbonyl (C=O) groups is 1. The van der Waals surface area contributed by atoms with E-state index in [-0.39, 0.29) is 11.9 Å². The van der Waals surface area contributed by atoms with Crippen molar-refractivity contribution in [3.8, 4) is 0 Å². The molecule has 0 spiro atoms. The zero-order valence-electron chi connectivity index (χ0n) is 10.1. The van der Waals surface area contributed by atoms with E-state index < -0.39 is 6.10 Å². The summed E-state index contributed by atoms with van der Waals surface area (Å²) in [6.45, 7) is 3.67. The van der Waals surface area contributed by atoms with E-state index in [1.54, 1.807) is 11.9 Å². The Morgan fingerprint density at radius 3 is 2.44 bits per heavy atom. The van der Waals surface area contributed by atoms with Crippen LogP contribution in [0.4, 0.5) is 0 Å². The van der Waals surface area contributed by atoms with E-state index in [2.05, 4.69) is 0 Å². The summed E-state index contributed by atoms with van der Waals surface area (Å²) >= 11 is 0. The molecule has 1 rings (SSSR count). The molecule has 88 valence electrons. The Morgan fingerprint density at radius 1 is 1.38 bits per heavy atom. The molecule has 3 heteroatoms. The first-order chi connectivity index (χ1) is 7.57. The Labute approximate surface area is 96.7 Å². The largest absolute Gasteiger partial charge is 0.386 e. The summed E-state index contributed by atoms with van der Waals surface area (Å²) in [7, 11) is 1.72. The van der Waals surface area contributed by atoms with Gasteiger partial charge in [-0.15, -0.1) is 0 Å². The maximum Gasteiger partial charge on any atom is 0.222 e. The summed E-state index contributed by atoms with van der Waals surface area (Å²) in [5.74, 6) is 0.0440. The van der Waals surface area contributed by atoms with E-state index in [4.69, 9.17) is 0 Å². The number of likely N-dealkylation sites (N-methyl/N-ethyl adjacent to an activating group) is 1.